The largest absolute Gasteiger partial charge is 0.495 e. The Hall–Kier alpha value is -2.98. The third kappa shape index (κ3) is 8.10. The Morgan fingerprint density at radius 1 is 0.929 bits per heavy atom. The number of rotatable bonds is 12. The molecule has 1 N–H and O–H groups in total. The summed E-state index contributed by atoms with van der Waals surface area (Å²) in [5.74, 6) is -0.648. The van der Waals surface area contributed by atoms with E-state index in [1.807, 2.05) is 20.8 Å². The molecule has 0 unspecified atom stereocenters. The van der Waals surface area contributed by atoms with E-state index in [2.05, 4.69) is 5.32 Å². The fourth-order valence-electron chi connectivity index (χ4n) is 4.06. The van der Waals surface area contributed by atoms with E-state index in [1.54, 1.807) is 37.3 Å². The number of hydrogen-bond acceptors (Lipinski definition) is 5. The molecule has 0 bridgehead atoms. The quantitative estimate of drug-likeness (QED) is 0.241. The number of amides is 2. The average molecular weight is 655 g/mol. The Labute approximate surface area is 262 Å². The monoisotopic (exact) mass is 653 g/mol. The molecule has 12 heteroatoms. The molecule has 0 saturated heterocycles. The molecule has 0 aliphatic carbocycles. The normalized spacial score (nSPS) is 12.8. The van der Waals surface area contributed by atoms with E-state index in [1.165, 1.54) is 42.3 Å². The number of nitrogens with zero attached hydrogens (tertiary/aromatic N) is 2. The maximum atomic E-state index is 14.0. The van der Waals surface area contributed by atoms with Crippen molar-refractivity contribution in [2.24, 2.45) is 0 Å². The molecule has 0 aromatic heterocycles. The number of halogens is 3. The van der Waals surface area contributed by atoms with Gasteiger partial charge in [0.25, 0.3) is 10.0 Å². The minimum absolute atomic E-state index is 0.00793. The van der Waals surface area contributed by atoms with Crippen LogP contribution in [0, 0.1) is 6.92 Å². The maximum Gasteiger partial charge on any atom is 0.264 e. The van der Waals surface area contributed by atoms with Gasteiger partial charge >= 0.3 is 0 Å². The van der Waals surface area contributed by atoms with E-state index in [0.717, 1.165) is 9.87 Å². The van der Waals surface area contributed by atoms with E-state index in [9.17, 15) is 18.0 Å². The van der Waals surface area contributed by atoms with Gasteiger partial charge in [0.05, 0.1) is 32.8 Å². The lowest BCUT2D eigenvalue weighted by atomic mass is 10.1. The summed E-state index contributed by atoms with van der Waals surface area (Å²) in [4.78, 5) is 28.5. The summed E-state index contributed by atoms with van der Waals surface area (Å²) in [5, 5.41) is 3.69. The maximum absolute atomic E-state index is 14.0. The summed E-state index contributed by atoms with van der Waals surface area (Å²) in [6.07, 6.45) is 0.694. The van der Waals surface area contributed by atoms with Crippen molar-refractivity contribution in [2.75, 3.05) is 18.0 Å². The summed E-state index contributed by atoms with van der Waals surface area (Å²) in [7, 11) is -2.80. The van der Waals surface area contributed by atoms with Gasteiger partial charge in [-0.15, -0.1) is 0 Å². The van der Waals surface area contributed by atoms with Crippen LogP contribution in [0.1, 0.15) is 38.3 Å². The molecule has 8 nitrogen and oxygen atoms in total. The molecule has 0 aliphatic rings. The van der Waals surface area contributed by atoms with Crippen LogP contribution in [0.5, 0.6) is 5.75 Å². The molecule has 3 aromatic carbocycles. The van der Waals surface area contributed by atoms with Gasteiger partial charge in [-0.1, -0.05) is 65.5 Å². The third-order valence-corrected chi connectivity index (χ3v) is 9.64. The summed E-state index contributed by atoms with van der Waals surface area (Å²) < 4.78 is 34.1. The van der Waals surface area contributed by atoms with Gasteiger partial charge in [0.2, 0.25) is 11.8 Å². The van der Waals surface area contributed by atoms with Gasteiger partial charge in [-0.05, 0) is 75.2 Å². The molecular formula is C30H34Cl3N3O5S. The van der Waals surface area contributed by atoms with Gasteiger partial charge in [-0.25, -0.2) is 8.42 Å². The summed E-state index contributed by atoms with van der Waals surface area (Å²) in [5.41, 5.74) is 1.64. The number of nitrogens with one attached hydrogen (secondary N) is 1. The fraction of sp³-hybridized carbons (Fsp3) is 0.333. The first-order chi connectivity index (χ1) is 19.8. The lowest BCUT2D eigenvalue weighted by molar-refractivity contribution is -0.139. The van der Waals surface area contributed by atoms with Crippen molar-refractivity contribution in [1.82, 2.24) is 10.2 Å². The van der Waals surface area contributed by atoms with Gasteiger partial charge in [0.15, 0.2) is 0 Å². The number of anilines is 1. The van der Waals surface area contributed by atoms with Crippen LogP contribution in [0.25, 0.3) is 0 Å². The van der Waals surface area contributed by atoms with Crippen molar-refractivity contribution in [1.29, 1.82) is 0 Å². The van der Waals surface area contributed by atoms with Gasteiger partial charge in [0, 0.05) is 12.6 Å². The zero-order valence-electron chi connectivity index (χ0n) is 24.0. The smallest absolute Gasteiger partial charge is 0.264 e. The molecule has 0 heterocycles. The second-order valence-electron chi connectivity index (χ2n) is 9.91. The van der Waals surface area contributed by atoms with Crippen molar-refractivity contribution in [2.45, 2.75) is 57.6 Å². The highest BCUT2D eigenvalue weighted by molar-refractivity contribution is 7.92. The Bertz CT molecular complexity index is 1530. The zero-order valence-corrected chi connectivity index (χ0v) is 27.1. The minimum Gasteiger partial charge on any atom is -0.495 e. The number of benzene rings is 3. The number of hydrogen-bond donors (Lipinski definition) is 1. The molecule has 0 saturated carbocycles. The van der Waals surface area contributed by atoms with E-state index in [-0.39, 0.29) is 39.1 Å². The number of ether oxygens (including phenoxy) is 1. The average Bonchev–Trinajstić information content (AvgIpc) is 2.95. The second-order valence-corrected chi connectivity index (χ2v) is 13.0. The summed E-state index contributed by atoms with van der Waals surface area (Å²) in [6, 6.07) is 14.6. The predicted molar refractivity (Wildman–Crippen MR) is 168 cm³/mol. The molecule has 2 amide bonds. The highest BCUT2D eigenvalue weighted by Crippen LogP contribution is 2.32. The molecule has 0 aliphatic heterocycles. The Kier molecular flexibility index (Phi) is 11.5. The molecule has 0 radical (unpaired) electrons. The van der Waals surface area contributed by atoms with Crippen LogP contribution in [0.3, 0.4) is 0 Å². The number of carbonyl (C=O) groups is 2. The van der Waals surface area contributed by atoms with Crippen LogP contribution in [0.2, 0.25) is 15.1 Å². The van der Waals surface area contributed by atoms with Crippen LogP contribution in [-0.2, 0) is 26.2 Å². The van der Waals surface area contributed by atoms with E-state index in [4.69, 9.17) is 39.5 Å². The summed E-state index contributed by atoms with van der Waals surface area (Å²) in [6.45, 7) is 6.60. The first-order valence-electron chi connectivity index (χ1n) is 13.2. The van der Waals surface area contributed by atoms with E-state index >= 15 is 0 Å². The number of carbonyl (C=O) groups excluding carboxylic acids is 2. The van der Waals surface area contributed by atoms with Crippen molar-refractivity contribution < 1.29 is 22.7 Å². The summed E-state index contributed by atoms with van der Waals surface area (Å²) >= 11 is 18.7. The SMILES string of the molecule is CC[C@H](C)NC(=O)[C@H](C)N(Cc1ccc(Cl)c(Cl)c1)C(=O)CN(c1ccc(OC)c(Cl)c1)S(=O)(=O)c1ccc(C)cc1. The predicted octanol–water partition coefficient (Wildman–Crippen LogP) is 6.49. The Morgan fingerprint density at radius 2 is 1.60 bits per heavy atom. The topological polar surface area (TPSA) is 96.0 Å². The standard InChI is InChI=1S/C30H34Cl3N3O5S/c1-6-20(3)34-30(38)21(4)35(17-22-9-13-25(31)26(32)15-22)29(37)18-36(23-10-14-28(41-5)27(33)16-23)42(39,40)24-11-7-19(2)8-12-24/h7-16,20-21H,6,17-18H2,1-5H3,(H,34,38)/t20-,21-/m0/s1. The Balaban J connectivity index is 2.08. The molecule has 0 spiro atoms. The number of aryl methyl sites for hydroxylation is 1. The molecule has 3 aromatic rings. The number of methoxy groups -OCH3 is 1. The van der Waals surface area contributed by atoms with Gasteiger partial charge in [-0.2, -0.15) is 0 Å². The van der Waals surface area contributed by atoms with Crippen LogP contribution in [0.4, 0.5) is 5.69 Å². The van der Waals surface area contributed by atoms with Gasteiger partial charge in [0.1, 0.15) is 18.3 Å². The van der Waals surface area contributed by atoms with Gasteiger partial charge < -0.3 is 15.0 Å². The van der Waals surface area contributed by atoms with Crippen LogP contribution < -0.4 is 14.4 Å². The fourth-order valence-corrected chi connectivity index (χ4v) is 6.04. The van der Waals surface area contributed by atoms with Gasteiger partial charge in [-0.3, -0.25) is 13.9 Å². The van der Waals surface area contributed by atoms with Crippen molar-refractivity contribution in [3.05, 3.63) is 86.9 Å². The first-order valence-corrected chi connectivity index (χ1v) is 15.8. The second kappa shape index (κ2) is 14.5. The first kappa shape index (κ1) is 33.5. The molecule has 3 rings (SSSR count). The van der Waals surface area contributed by atoms with E-state index < -0.39 is 28.5 Å². The lowest BCUT2D eigenvalue weighted by Gasteiger charge is -2.32. The van der Waals surface area contributed by atoms with Crippen LogP contribution in [0.15, 0.2) is 65.6 Å². The highest BCUT2D eigenvalue weighted by Gasteiger charge is 2.33. The molecule has 226 valence electrons. The van der Waals surface area contributed by atoms with Crippen molar-refractivity contribution in [3.63, 3.8) is 0 Å². The van der Waals surface area contributed by atoms with Crippen LogP contribution in [-0.4, -0.2) is 50.9 Å². The molecule has 0 fully saturated rings. The minimum atomic E-state index is -4.24. The van der Waals surface area contributed by atoms with E-state index in [0.29, 0.717) is 22.8 Å². The van der Waals surface area contributed by atoms with Crippen molar-refractivity contribution >= 4 is 62.3 Å². The third-order valence-electron chi connectivity index (χ3n) is 6.82. The Morgan fingerprint density at radius 3 is 2.17 bits per heavy atom. The van der Waals surface area contributed by atoms with Crippen molar-refractivity contribution in [3.8, 4) is 5.75 Å². The lowest BCUT2D eigenvalue weighted by Crippen LogP contribution is -2.52. The molecule has 42 heavy (non-hydrogen) atoms. The highest BCUT2D eigenvalue weighted by atomic mass is 35.5. The molecular weight excluding hydrogens is 621 g/mol. The molecule has 2 atom stereocenters. The zero-order chi connectivity index (χ0) is 31.2. The number of sulfonamides is 1. The van der Waals surface area contributed by atoms with Crippen LogP contribution >= 0.6 is 34.8 Å².